The van der Waals surface area contributed by atoms with Crippen LogP contribution >= 0.6 is 0 Å². The second-order valence-electron chi connectivity index (χ2n) is 5.83. The van der Waals surface area contributed by atoms with Crippen molar-refractivity contribution in [2.45, 2.75) is 26.4 Å². The fraction of sp³-hybridized carbons (Fsp3) is 0.625. The van der Waals surface area contributed by atoms with Gasteiger partial charge in [0.25, 0.3) is 0 Å². The highest BCUT2D eigenvalue weighted by molar-refractivity contribution is 5.27. The maximum Gasteiger partial charge on any atom is 0.119 e. The predicted octanol–water partition coefficient (Wildman–Crippen LogP) is 2.12. The van der Waals surface area contributed by atoms with Gasteiger partial charge in [0.1, 0.15) is 5.75 Å². The molecule has 3 rings (SSSR count). The molecule has 0 bridgehead atoms. The molecule has 1 aromatic carbocycles. The summed E-state index contributed by atoms with van der Waals surface area (Å²) in [6, 6.07) is 9.27. The SMILES string of the molecule is CCOc1ccc(CN2CC3CNCC3C2C)cc1. The van der Waals surface area contributed by atoms with Gasteiger partial charge in [-0.05, 0) is 56.5 Å². The lowest BCUT2D eigenvalue weighted by molar-refractivity contribution is 0.231. The molecule has 0 saturated carbocycles. The van der Waals surface area contributed by atoms with Crippen LogP contribution in [0.5, 0.6) is 5.75 Å². The van der Waals surface area contributed by atoms with E-state index in [9.17, 15) is 0 Å². The third kappa shape index (κ3) is 2.63. The molecule has 3 nitrogen and oxygen atoms in total. The van der Waals surface area contributed by atoms with Gasteiger partial charge in [-0.15, -0.1) is 0 Å². The van der Waals surface area contributed by atoms with Gasteiger partial charge in [-0.3, -0.25) is 4.90 Å². The molecule has 3 atom stereocenters. The first-order chi connectivity index (χ1) is 9.28. The number of hydrogen-bond acceptors (Lipinski definition) is 3. The van der Waals surface area contributed by atoms with Crippen molar-refractivity contribution in [3.8, 4) is 5.75 Å². The predicted molar refractivity (Wildman–Crippen MR) is 77.3 cm³/mol. The Balaban J connectivity index is 1.62. The van der Waals surface area contributed by atoms with Gasteiger partial charge in [-0.2, -0.15) is 0 Å². The van der Waals surface area contributed by atoms with Crippen LogP contribution < -0.4 is 10.1 Å². The molecule has 19 heavy (non-hydrogen) atoms. The molecule has 0 amide bonds. The molecule has 2 aliphatic rings. The minimum Gasteiger partial charge on any atom is -0.494 e. The molecular weight excluding hydrogens is 236 g/mol. The second-order valence-corrected chi connectivity index (χ2v) is 5.83. The maximum atomic E-state index is 5.49. The third-order valence-electron chi connectivity index (χ3n) is 4.68. The Morgan fingerprint density at radius 2 is 2.05 bits per heavy atom. The van der Waals surface area contributed by atoms with E-state index in [0.717, 1.165) is 30.7 Å². The quantitative estimate of drug-likeness (QED) is 0.897. The highest BCUT2D eigenvalue weighted by Gasteiger charge is 2.41. The van der Waals surface area contributed by atoms with E-state index in [2.05, 4.69) is 41.4 Å². The van der Waals surface area contributed by atoms with Crippen molar-refractivity contribution in [3.63, 3.8) is 0 Å². The van der Waals surface area contributed by atoms with E-state index in [1.165, 1.54) is 25.2 Å². The summed E-state index contributed by atoms with van der Waals surface area (Å²) in [7, 11) is 0. The summed E-state index contributed by atoms with van der Waals surface area (Å²) in [5.74, 6) is 2.68. The smallest absolute Gasteiger partial charge is 0.119 e. The minimum absolute atomic E-state index is 0.701. The average molecular weight is 260 g/mol. The fourth-order valence-corrected chi connectivity index (χ4v) is 3.56. The molecule has 0 spiro atoms. The summed E-state index contributed by atoms with van der Waals surface area (Å²) in [5.41, 5.74) is 1.39. The van der Waals surface area contributed by atoms with Gasteiger partial charge in [-0.1, -0.05) is 12.1 Å². The molecule has 1 aromatic rings. The van der Waals surface area contributed by atoms with Crippen molar-refractivity contribution >= 4 is 0 Å². The van der Waals surface area contributed by atoms with Crippen molar-refractivity contribution in [3.05, 3.63) is 29.8 Å². The molecule has 3 heteroatoms. The zero-order valence-corrected chi connectivity index (χ0v) is 11.9. The monoisotopic (exact) mass is 260 g/mol. The Labute approximate surface area is 115 Å². The van der Waals surface area contributed by atoms with Gasteiger partial charge in [0, 0.05) is 19.1 Å². The van der Waals surface area contributed by atoms with Gasteiger partial charge in [0.05, 0.1) is 6.61 Å². The molecule has 0 radical (unpaired) electrons. The normalized spacial score (nSPS) is 30.5. The number of rotatable bonds is 4. The Kier molecular flexibility index (Phi) is 3.76. The fourth-order valence-electron chi connectivity index (χ4n) is 3.56. The minimum atomic E-state index is 0.701. The summed E-state index contributed by atoms with van der Waals surface area (Å²) in [6.07, 6.45) is 0. The summed E-state index contributed by atoms with van der Waals surface area (Å²) >= 11 is 0. The molecular formula is C16H24N2O. The Hall–Kier alpha value is -1.06. The average Bonchev–Trinajstić information content (AvgIpc) is 2.97. The van der Waals surface area contributed by atoms with Crippen LogP contribution in [-0.4, -0.2) is 37.2 Å². The van der Waals surface area contributed by atoms with Crippen LogP contribution in [0.2, 0.25) is 0 Å². The van der Waals surface area contributed by atoms with Crippen LogP contribution in [0.4, 0.5) is 0 Å². The largest absolute Gasteiger partial charge is 0.494 e. The van der Waals surface area contributed by atoms with E-state index >= 15 is 0 Å². The zero-order valence-electron chi connectivity index (χ0n) is 11.9. The number of nitrogens with one attached hydrogen (secondary N) is 1. The van der Waals surface area contributed by atoms with E-state index in [-0.39, 0.29) is 0 Å². The van der Waals surface area contributed by atoms with Gasteiger partial charge < -0.3 is 10.1 Å². The number of nitrogens with zero attached hydrogens (tertiary/aromatic N) is 1. The molecule has 1 N–H and O–H groups in total. The Morgan fingerprint density at radius 1 is 1.26 bits per heavy atom. The molecule has 2 saturated heterocycles. The van der Waals surface area contributed by atoms with Crippen molar-refractivity contribution in [1.82, 2.24) is 10.2 Å². The lowest BCUT2D eigenvalue weighted by atomic mass is 9.95. The second kappa shape index (κ2) is 5.51. The lowest BCUT2D eigenvalue weighted by Crippen LogP contribution is -2.32. The topological polar surface area (TPSA) is 24.5 Å². The van der Waals surface area contributed by atoms with Crippen molar-refractivity contribution in [2.75, 3.05) is 26.2 Å². The molecule has 2 heterocycles. The third-order valence-corrected chi connectivity index (χ3v) is 4.68. The maximum absolute atomic E-state index is 5.49. The number of ether oxygens (including phenoxy) is 1. The first-order valence-corrected chi connectivity index (χ1v) is 7.44. The highest BCUT2D eigenvalue weighted by atomic mass is 16.5. The van der Waals surface area contributed by atoms with Gasteiger partial charge >= 0.3 is 0 Å². The Morgan fingerprint density at radius 3 is 2.74 bits per heavy atom. The standard InChI is InChI=1S/C16H24N2O/c1-3-19-15-6-4-13(5-7-15)10-18-11-14-8-17-9-16(14)12(18)2/h4-7,12,14,16-17H,3,8-11H2,1-2H3. The first kappa shape index (κ1) is 12.9. The number of benzene rings is 1. The Bertz CT molecular complexity index is 417. The van der Waals surface area contributed by atoms with E-state index in [1.807, 2.05) is 6.92 Å². The van der Waals surface area contributed by atoms with E-state index < -0.39 is 0 Å². The summed E-state index contributed by atoms with van der Waals surface area (Å²) < 4.78 is 5.49. The molecule has 3 unspecified atom stereocenters. The number of likely N-dealkylation sites (tertiary alicyclic amines) is 1. The molecule has 0 aliphatic carbocycles. The summed E-state index contributed by atoms with van der Waals surface area (Å²) in [5, 5.41) is 3.52. The van der Waals surface area contributed by atoms with Crippen LogP contribution in [0.3, 0.4) is 0 Å². The zero-order chi connectivity index (χ0) is 13.2. The van der Waals surface area contributed by atoms with E-state index in [1.54, 1.807) is 0 Å². The van der Waals surface area contributed by atoms with Gasteiger partial charge in [0.15, 0.2) is 0 Å². The van der Waals surface area contributed by atoms with Crippen LogP contribution in [0.25, 0.3) is 0 Å². The van der Waals surface area contributed by atoms with E-state index in [4.69, 9.17) is 4.74 Å². The number of fused-ring (bicyclic) bond motifs is 1. The van der Waals surface area contributed by atoms with E-state index in [0.29, 0.717) is 6.04 Å². The highest BCUT2D eigenvalue weighted by Crippen LogP contribution is 2.33. The molecule has 104 valence electrons. The van der Waals surface area contributed by atoms with Crippen molar-refractivity contribution < 1.29 is 4.74 Å². The van der Waals surface area contributed by atoms with Gasteiger partial charge in [0.2, 0.25) is 0 Å². The summed E-state index contributed by atoms with van der Waals surface area (Å²) in [4.78, 5) is 2.63. The number of hydrogen-bond donors (Lipinski definition) is 1. The van der Waals surface area contributed by atoms with Crippen LogP contribution in [0, 0.1) is 11.8 Å². The van der Waals surface area contributed by atoms with Gasteiger partial charge in [-0.25, -0.2) is 0 Å². The van der Waals surface area contributed by atoms with Crippen LogP contribution in [0.15, 0.2) is 24.3 Å². The summed E-state index contributed by atoms with van der Waals surface area (Å²) in [6.45, 7) is 9.85. The van der Waals surface area contributed by atoms with Crippen molar-refractivity contribution in [1.29, 1.82) is 0 Å². The van der Waals surface area contributed by atoms with Crippen LogP contribution in [0.1, 0.15) is 19.4 Å². The lowest BCUT2D eigenvalue weighted by Gasteiger charge is -2.24. The first-order valence-electron chi connectivity index (χ1n) is 7.44. The van der Waals surface area contributed by atoms with Crippen molar-refractivity contribution in [2.24, 2.45) is 11.8 Å². The molecule has 0 aromatic heterocycles. The molecule has 2 fully saturated rings. The molecule has 2 aliphatic heterocycles. The van der Waals surface area contributed by atoms with Crippen LogP contribution in [-0.2, 0) is 6.54 Å².